The van der Waals surface area contributed by atoms with Gasteiger partial charge >= 0.3 is 0 Å². The van der Waals surface area contributed by atoms with Crippen LogP contribution in [0.25, 0.3) is 0 Å². The Hall–Kier alpha value is -4.25. The Kier molecular flexibility index (Phi) is 24.2. The SMILES string of the molecule is CCC(=NOC)c1ccc(F)cc1.CON=CCc1cccc(Br)c1.CON=CCc1cccc(Cl)c1.CON=CCc1ccccc1Cl. The molecule has 4 aromatic rings. The molecule has 0 saturated heterocycles. The topological polar surface area (TPSA) is 86.4 Å². The lowest BCUT2D eigenvalue weighted by atomic mass is 10.1. The molecule has 0 N–H and O–H groups in total. The second-order valence-corrected chi connectivity index (χ2v) is 11.2. The van der Waals surface area contributed by atoms with Crippen molar-refractivity contribution >= 4 is 63.5 Å². The largest absolute Gasteiger partial charge is 0.399 e. The van der Waals surface area contributed by atoms with Crippen molar-refractivity contribution in [1.82, 2.24) is 0 Å². The molecule has 0 spiro atoms. The average Bonchev–Trinajstić information content (AvgIpc) is 3.10. The van der Waals surface area contributed by atoms with Crippen molar-refractivity contribution in [2.45, 2.75) is 32.6 Å². The zero-order chi connectivity index (χ0) is 36.1. The molecule has 4 aromatic carbocycles. The number of benzene rings is 4. The van der Waals surface area contributed by atoms with E-state index in [9.17, 15) is 4.39 Å². The van der Waals surface area contributed by atoms with Gasteiger partial charge in [-0.15, -0.1) is 0 Å². The summed E-state index contributed by atoms with van der Waals surface area (Å²) in [7, 11) is 6.08. The minimum Gasteiger partial charge on any atom is -0.399 e. The Morgan fingerprint density at radius 1 is 0.673 bits per heavy atom. The molecule has 0 aliphatic heterocycles. The molecule has 0 aliphatic rings. The van der Waals surface area contributed by atoms with Crippen LogP contribution in [0.15, 0.2) is 122 Å². The van der Waals surface area contributed by atoms with Gasteiger partial charge in [0.05, 0.1) is 5.71 Å². The standard InChI is InChI=1S/C10H12FNO.C9H10BrNO.2C9H10ClNO/c1-3-10(12-13-2)8-4-6-9(11)7-5-8;2*1-12-11-6-5-8-3-2-4-9(10)7-8;1-12-11-7-6-8-4-2-3-5-9(8)10/h4-7H,3H2,1-2H3;2*2-4,6-7H,5H2,1H3;2-5,7H,6H2,1H3. The fraction of sp³-hybridized carbons (Fsp3) is 0.243. The fourth-order valence-corrected chi connectivity index (χ4v) is 4.58. The highest BCUT2D eigenvalue weighted by atomic mass is 79.9. The average molecular weight is 777 g/mol. The molecule has 4 rings (SSSR count). The molecular weight excluding hydrogens is 734 g/mol. The van der Waals surface area contributed by atoms with Gasteiger partial charge in [-0.05, 0) is 71.1 Å². The van der Waals surface area contributed by atoms with Crippen molar-refractivity contribution in [3.63, 3.8) is 0 Å². The van der Waals surface area contributed by atoms with Crippen LogP contribution in [-0.2, 0) is 38.6 Å². The van der Waals surface area contributed by atoms with Gasteiger partial charge in [-0.3, -0.25) is 0 Å². The van der Waals surface area contributed by atoms with Crippen molar-refractivity contribution in [3.05, 3.63) is 140 Å². The van der Waals surface area contributed by atoms with E-state index in [4.69, 9.17) is 23.2 Å². The zero-order valence-corrected chi connectivity index (χ0v) is 31.3. The van der Waals surface area contributed by atoms with E-state index >= 15 is 0 Å². The summed E-state index contributed by atoms with van der Waals surface area (Å²) >= 11 is 15.1. The van der Waals surface area contributed by atoms with E-state index in [0.717, 1.165) is 56.2 Å². The molecule has 0 amide bonds. The lowest BCUT2D eigenvalue weighted by molar-refractivity contribution is 0.213. The predicted octanol–water partition coefficient (Wildman–Crippen LogP) is 10.2. The highest BCUT2D eigenvalue weighted by Gasteiger charge is 2.01. The first-order valence-corrected chi connectivity index (χ1v) is 16.6. The summed E-state index contributed by atoms with van der Waals surface area (Å²) in [5.74, 6) is -0.239. The lowest BCUT2D eigenvalue weighted by Crippen LogP contribution is -1.99. The van der Waals surface area contributed by atoms with Crippen molar-refractivity contribution in [3.8, 4) is 0 Å². The van der Waals surface area contributed by atoms with E-state index in [0.29, 0.717) is 6.42 Å². The molecule has 0 saturated carbocycles. The van der Waals surface area contributed by atoms with E-state index < -0.39 is 0 Å². The zero-order valence-electron chi connectivity index (χ0n) is 28.2. The second-order valence-electron chi connectivity index (χ2n) is 9.46. The second kappa shape index (κ2) is 27.7. The summed E-state index contributed by atoms with van der Waals surface area (Å²) in [6, 6.07) is 29.6. The molecule has 262 valence electrons. The van der Waals surface area contributed by atoms with Crippen LogP contribution in [0.3, 0.4) is 0 Å². The molecule has 0 unspecified atom stereocenters. The van der Waals surface area contributed by atoms with Crippen LogP contribution < -0.4 is 0 Å². The Morgan fingerprint density at radius 3 is 1.73 bits per heavy atom. The highest BCUT2D eigenvalue weighted by molar-refractivity contribution is 9.10. The Balaban J connectivity index is 0.000000327. The van der Waals surface area contributed by atoms with E-state index in [1.807, 2.05) is 73.7 Å². The van der Waals surface area contributed by atoms with Gasteiger partial charge in [-0.2, -0.15) is 0 Å². The van der Waals surface area contributed by atoms with Crippen molar-refractivity contribution in [1.29, 1.82) is 0 Å². The van der Waals surface area contributed by atoms with Gasteiger partial charge in [0.25, 0.3) is 0 Å². The van der Waals surface area contributed by atoms with Gasteiger partial charge in [0, 0.05) is 52.4 Å². The van der Waals surface area contributed by atoms with Crippen LogP contribution in [0.5, 0.6) is 0 Å². The minimum absolute atomic E-state index is 0.239. The lowest BCUT2D eigenvalue weighted by Gasteiger charge is -2.01. The third-order valence-electron chi connectivity index (χ3n) is 5.95. The molecule has 0 bridgehead atoms. The van der Waals surface area contributed by atoms with Crippen LogP contribution in [0.1, 0.15) is 35.6 Å². The van der Waals surface area contributed by atoms with Crippen LogP contribution >= 0.6 is 39.1 Å². The van der Waals surface area contributed by atoms with E-state index in [1.54, 1.807) is 30.8 Å². The summed E-state index contributed by atoms with van der Waals surface area (Å²) in [5, 5.41) is 16.3. The Bertz CT molecular complexity index is 1530. The molecule has 0 fully saturated rings. The Morgan fingerprint density at radius 2 is 1.22 bits per heavy atom. The number of hydrogen-bond donors (Lipinski definition) is 0. The molecule has 0 radical (unpaired) electrons. The van der Waals surface area contributed by atoms with Gasteiger partial charge in [0.1, 0.15) is 34.3 Å². The molecule has 0 aromatic heterocycles. The molecule has 0 heterocycles. The molecular formula is C37H42BrCl2FN4O4. The summed E-state index contributed by atoms with van der Waals surface area (Å²) in [5.41, 5.74) is 5.11. The van der Waals surface area contributed by atoms with Gasteiger partial charge in [0.2, 0.25) is 0 Å². The fourth-order valence-electron chi connectivity index (χ4n) is 3.71. The summed E-state index contributed by atoms with van der Waals surface area (Å²) < 4.78 is 13.7. The first-order chi connectivity index (χ1) is 23.8. The summed E-state index contributed by atoms with van der Waals surface area (Å²) in [6.45, 7) is 1.97. The van der Waals surface area contributed by atoms with Gasteiger partial charge in [0.15, 0.2) is 0 Å². The maximum atomic E-state index is 12.6. The number of oxime groups is 4. The first kappa shape index (κ1) is 42.8. The van der Waals surface area contributed by atoms with Crippen LogP contribution in [-0.4, -0.2) is 52.8 Å². The number of nitrogens with zero attached hydrogens (tertiary/aromatic N) is 4. The molecule has 49 heavy (non-hydrogen) atoms. The van der Waals surface area contributed by atoms with Crippen molar-refractivity contribution in [2.24, 2.45) is 20.6 Å². The molecule has 12 heteroatoms. The first-order valence-electron chi connectivity index (χ1n) is 15.0. The monoisotopic (exact) mass is 774 g/mol. The van der Waals surface area contributed by atoms with Gasteiger partial charge in [-0.1, -0.05) is 121 Å². The van der Waals surface area contributed by atoms with Crippen molar-refractivity contribution in [2.75, 3.05) is 28.4 Å². The van der Waals surface area contributed by atoms with Crippen LogP contribution in [0.4, 0.5) is 4.39 Å². The molecule has 0 atom stereocenters. The predicted molar refractivity (Wildman–Crippen MR) is 205 cm³/mol. The number of halogens is 4. The molecule has 0 aliphatic carbocycles. The summed E-state index contributed by atoms with van der Waals surface area (Å²) in [6.07, 6.45) is 8.13. The van der Waals surface area contributed by atoms with Gasteiger partial charge < -0.3 is 19.4 Å². The third-order valence-corrected chi connectivity index (χ3v) is 7.05. The van der Waals surface area contributed by atoms with E-state index in [-0.39, 0.29) is 5.82 Å². The maximum Gasteiger partial charge on any atom is 0.123 e. The Labute approximate surface area is 307 Å². The van der Waals surface area contributed by atoms with Crippen molar-refractivity contribution < 1.29 is 23.7 Å². The number of hydrogen-bond acceptors (Lipinski definition) is 8. The van der Waals surface area contributed by atoms with Gasteiger partial charge in [-0.25, -0.2) is 4.39 Å². The molecule has 8 nitrogen and oxygen atoms in total. The number of rotatable bonds is 12. The maximum absolute atomic E-state index is 12.6. The minimum atomic E-state index is -0.239. The van der Waals surface area contributed by atoms with Crippen LogP contribution in [0, 0.1) is 5.82 Å². The highest BCUT2D eigenvalue weighted by Crippen LogP contribution is 2.14. The van der Waals surface area contributed by atoms with Crippen LogP contribution in [0.2, 0.25) is 10.0 Å². The summed E-state index contributed by atoms with van der Waals surface area (Å²) in [4.78, 5) is 18.3. The smallest absolute Gasteiger partial charge is 0.123 e. The third kappa shape index (κ3) is 20.7. The normalized spacial score (nSPS) is 10.8. The van der Waals surface area contributed by atoms with E-state index in [2.05, 4.69) is 62.0 Å². The quantitative estimate of drug-likeness (QED) is 0.106. The van der Waals surface area contributed by atoms with E-state index in [1.165, 1.54) is 46.1 Å².